The van der Waals surface area contributed by atoms with E-state index < -0.39 is 0 Å². The first-order valence-corrected chi connectivity index (χ1v) is 10.6. The Bertz CT molecular complexity index is 993. The molecule has 2 aliphatic rings. The topological polar surface area (TPSA) is 47.6 Å². The second-order valence-corrected chi connectivity index (χ2v) is 7.97. The Morgan fingerprint density at radius 2 is 1.57 bits per heavy atom. The Balaban J connectivity index is 1.28. The Labute approximate surface area is 176 Å². The number of carbonyl (C=O) groups excluding carboxylic acids is 1. The van der Waals surface area contributed by atoms with E-state index in [1.165, 1.54) is 27.8 Å². The van der Waals surface area contributed by atoms with Gasteiger partial charge in [0.25, 0.3) is 5.91 Å². The van der Waals surface area contributed by atoms with Gasteiger partial charge in [-0.2, -0.15) is 0 Å². The standard InChI is InChI=1S/C26H25NO3/c28-26(27-30-25-11-5-6-16-29-25)19-14-12-18(13-15-19)17-24-22-9-3-1-7-20(22)21-8-2-4-10-23(21)24/h1-4,7-10,12-15,24-25H,5-6,11,16-17H2,(H,27,28). The number of benzene rings is 3. The van der Waals surface area contributed by atoms with Crippen LogP contribution in [0, 0.1) is 0 Å². The molecular weight excluding hydrogens is 374 g/mol. The van der Waals surface area contributed by atoms with Crippen LogP contribution in [0.1, 0.15) is 52.2 Å². The van der Waals surface area contributed by atoms with Gasteiger partial charge in [0.05, 0.1) is 0 Å². The van der Waals surface area contributed by atoms with E-state index in [1.54, 1.807) is 0 Å². The summed E-state index contributed by atoms with van der Waals surface area (Å²) in [6.45, 7) is 0.683. The third-order valence-corrected chi connectivity index (χ3v) is 6.04. The number of carbonyl (C=O) groups is 1. The molecule has 5 rings (SSSR count). The van der Waals surface area contributed by atoms with Gasteiger partial charge >= 0.3 is 0 Å². The van der Waals surface area contributed by atoms with E-state index in [-0.39, 0.29) is 12.2 Å². The Morgan fingerprint density at radius 3 is 2.20 bits per heavy atom. The molecule has 1 amide bonds. The van der Waals surface area contributed by atoms with Crippen LogP contribution in [0.25, 0.3) is 11.1 Å². The fourth-order valence-electron chi connectivity index (χ4n) is 4.49. The van der Waals surface area contributed by atoms with Crippen molar-refractivity contribution >= 4 is 5.91 Å². The van der Waals surface area contributed by atoms with E-state index in [2.05, 4.69) is 54.0 Å². The Hall–Kier alpha value is -2.95. The first kappa shape index (κ1) is 19.0. The van der Waals surface area contributed by atoms with Crippen molar-refractivity contribution in [1.29, 1.82) is 0 Å². The quantitative estimate of drug-likeness (QED) is 0.598. The van der Waals surface area contributed by atoms with Crippen LogP contribution < -0.4 is 5.48 Å². The van der Waals surface area contributed by atoms with Crippen LogP contribution in [-0.4, -0.2) is 18.8 Å². The van der Waals surface area contributed by atoms with Crippen molar-refractivity contribution < 1.29 is 14.4 Å². The highest BCUT2D eigenvalue weighted by molar-refractivity contribution is 5.93. The van der Waals surface area contributed by atoms with Crippen molar-refractivity contribution in [3.63, 3.8) is 0 Å². The van der Waals surface area contributed by atoms with Crippen molar-refractivity contribution in [1.82, 2.24) is 5.48 Å². The molecule has 30 heavy (non-hydrogen) atoms. The zero-order valence-corrected chi connectivity index (χ0v) is 16.8. The van der Waals surface area contributed by atoms with Crippen molar-refractivity contribution in [3.8, 4) is 11.1 Å². The molecular formula is C26H25NO3. The lowest BCUT2D eigenvalue weighted by Gasteiger charge is -2.22. The van der Waals surface area contributed by atoms with Crippen molar-refractivity contribution in [3.05, 3.63) is 95.1 Å². The molecule has 4 heteroatoms. The second kappa shape index (κ2) is 8.42. The molecule has 0 bridgehead atoms. The molecule has 1 fully saturated rings. The number of fused-ring (bicyclic) bond motifs is 3. The molecule has 1 unspecified atom stereocenters. The predicted molar refractivity (Wildman–Crippen MR) is 116 cm³/mol. The van der Waals surface area contributed by atoms with Crippen LogP contribution in [0.2, 0.25) is 0 Å². The lowest BCUT2D eigenvalue weighted by Crippen LogP contribution is -2.33. The first-order chi connectivity index (χ1) is 14.8. The minimum Gasteiger partial charge on any atom is -0.350 e. The van der Waals surface area contributed by atoms with Gasteiger partial charge in [-0.25, -0.2) is 10.3 Å². The maximum absolute atomic E-state index is 12.4. The molecule has 3 aromatic rings. The summed E-state index contributed by atoms with van der Waals surface area (Å²) in [4.78, 5) is 17.8. The van der Waals surface area contributed by atoms with Crippen molar-refractivity contribution in [2.24, 2.45) is 0 Å². The third-order valence-electron chi connectivity index (χ3n) is 6.04. The lowest BCUT2D eigenvalue weighted by molar-refractivity contribution is -0.186. The molecule has 1 N–H and O–H groups in total. The summed E-state index contributed by atoms with van der Waals surface area (Å²) in [5.41, 5.74) is 9.73. The molecule has 152 valence electrons. The molecule has 3 aromatic carbocycles. The molecule has 0 saturated carbocycles. The van der Waals surface area contributed by atoms with E-state index in [9.17, 15) is 4.79 Å². The highest BCUT2D eigenvalue weighted by Crippen LogP contribution is 2.45. The summed E-state index contributed by atoms with van der Waals surface area (Å²) >= 11 is 0. The van der Waals surface area contributed by atoms with Crippen LogP contribution in [0.3, 0.4) is 0 Å². The molecule has 0 radical (unpaired) electrons. The number of hydrogen-bond donors (Lipinski definition) is 1. The van der Waals surface area contributed by atoms with Gasteiger partial charge in [0.2, 0.25) is 0 Å². The van der Waals surface area contributed by atoms with Gasteiger partial charge in [0.15, 0.2) is 6.29 Å². The van der Waals surface area contributed by atoms with E-state index >= 15 is 0 Å². The molecule has 0 spiro atoms. The van der Waals surface area contributed by atoms with Crippen LogP contribution in [-0.2, 0) is 16.0 Å². The van der Waals surface area contributed by atoms with Gasteiger partial charge < -0.3 is 4.74 Å². The van der Waals surface area contributed by atoms with E-state index in [4.69, 9.17) is 9.57 Å². The van der Waals surface area contributed by atoms with Crippen LogP contribution in [0.4, 0.5) is 0 Å². The maximum atomic E-state index is 12.4. The van der Waals surface area contributed by atoms with E-state index in [0.29, 0.717) is 18.1 Å². The van der Waals surface area contributed by atoms with Gasteiger partial charge in [-0.1, -0.05) is 60.7 Å². The molecule has 1 saturated heterocycles. The molecule has 1 aliphatic carbocycles. The first-order valence-electron chi connectivity index (χ1n) is 10.6. The number of hydroxylamine groups is 1. The van der Waals surface area contributed by atoms with E-state index in [1.807, 2.05) is 24.3 Å². The highest BCUT2D eigenvalue weighted by Gasteiger charge is 2.28. The third kappa shape index (κ3) is 3.76. The van der Waals surface area contributed by atoms with Crippen LogP contribution in [0.5, 0.6) is 0 Å². The predicted octanol–water partition coefficient (Wildman–Crippen LogP) is 5.23. The summed E-state index contributed by atoms with van der Waals surface area (Å²) in [5, 5.41) is 0. The Morgan fingerprint density at radius 1 is 0.900 bits per heavy atom. The molecule has 1 heterocycles. The molecule has 0 aromatic heterocycles. The largest absolute Gasteiger partial charge is 0.350 e. The van der Waals surface area contributed by atoms with Gasteiger partial charge in [-0.05, 0) is 59.2 Å². The average molecular weight is 399 g/mol. The SMILES string of the molecule is O=C(NOC1CCCCO1)c1ccc(CC2c3ccccc3-c3ccccc32)cc1. The van der Waals surface area contributed by atoms with Gasteiger partial charge in [-0.3, -0.25) is 4.79 Å². The van der Waals surface area contributed by atoms with Crippen LogP contribution in [0.15, 0.2) is 72.8 Å². The minimum atomic E-state index is -0.343. The molecule has 4 nitrogen and oxygen atoms in total. The number of amides is 1. The summed E-state index contributed by atoms with van der Waals surface area (Å²) < 4.78 is 5.48. The number of ether oxygens (including phenoxy) is 1. The summed E-state index contributed by atoms with van der Waals surface area (Å²) in [6, 6.07) is 25.1. The van der Waals surface area contributed by atoms with Crippen molar-refractivity contribution in [2.75, 3.05) is 6.61 Å². The zero-order valence-electron chi connectivity index (χ0n) is 16.8. The summed E-state index contributed by atoms with van der Waals surface area (Å²) in [5.74, 6) is 0.0936. The van der Waals surface area contributed by atoms with Gasteiger partial charge in [0.1, 0.15) is 0 Å². The second-order valence-electron chi connectivity index (χ2n) is 7.97. The number of nitrogens with one attached hydrogen (secondary N) is 1. The van der Waals surface area contributed by atoms with E-state index in [0.717, 1.165) is 25.7 Å². The normalized spacial score (nSPS) is 17.9. The van der Waals surface area contributed by atoms with Crippen LogP contribution >= 0.6 is 0 Å². The van der Waals surface area contributed by atoms with Crippen molar-refractivity contribution in [2.45, 2.75) is 37.9 Å². The summed E-state index contributed by atoms with van der Waals surface area (Å²) in [6.07, 6.45) is 3.48. The van der Waals surface area contributed by atoms with Gasteiger partial charge in [0, 0.05) is 24.5 Å². The highest BCUT2D eigenvalue weighted by atomic mass is 16.8. The average Bonchev–Trinajstić information content (AvgIpc) is 3.12. The lowest BCUT2D eigenvalue weighted by atomic mass is 9.90. The minimum absolute atomic E-state index is 0.243. The molecule has 1 aliphatic heterocycles. The molecule has 1 atom stereocenters. The fourth-order valence-corrected chi connectivity index (χ4v) is 4.49. The monoisotopic (exact) mass is 399 g/mol. The smallest absolute Gasteiger partial charge is 0.274 e. The fraction of sp³-hybridized carbons (Fsp3) is 0.269. The summed E-state index contributed by atoms with van der Waals surface area (Å²) in [7, 11) is 0. The number of hydrogen-bond acceptors (Lipinski definition) is 3. The zero-order chi connectivity index (χ0) is 20.3. The maximum Gasteiger partial charge on any atom is 0.274 e. The number of rotatable bonds is 5. The Kier molecular flexibility index (Phi) is 5.35. The van der Waals surface area contributed by atoms with Gasteiger partial charge in [-0.15, -0.1) is 0 Å².